The highest BCUT2D eigenvalue weighted by Crippen LogP contribution is 2.69. The molecular weight excluding hydrogens is 330 g/mol. The van der Waals surface area contributed by atoms with Gasteiger partial charge in [-0.1, -0.05) is 26.0 Å². The largest absolute Gasteiger partial charge is 0.278 e. The van der Waals surface area contributed by atoms with Gasteiger partial charge in [0.15, 0.2) is 0 Å². The van der Waals surface area contributed by atoms with Crippen LogP contribution in [0, 0.1) is 32.3 Å². The van der Waals surface area contributed by atoms with Crippen molar-refractivity contribution in [3.63, 3.8) is 0 Å². The normalized spacial score (nSPS) is 37.8. The molecule has 4 aliphatic carbocycles. The Morgan fingerprint density at radius 1 is 1.19 bits per heavy atom. The average molecular weight is 355 g/mol. The van der Waals surface area contributed by atoms with Crippen LogP contribution in [0.5, 0.6) is 0 Å². The molecule has 0 aliphatic heterocycles. The summed E-state index contributed by atoms with van der Waals surface area (Å²) in [6.45, 7) is 4.66. The lowest BCUT2D eigenvalue weighted by molar-refractivity contribution is -0.385. The van der Waals surface area contributed by atoms with E-state index in [9.17, 15) is 14.9 Å². The van der Waals surface area contributed by atoms with E-state index in [1.807, 2.05) is 0 Å². The molecule has 4 bridgehead atoms. The number of nitro benzene ring substituents is 1. The van der Waals surface area contributed by atoms with Gasteiger partial charge in [0.1, 0.15) is 0 Å². The van der Waals surface area contributed by atoms with Crippen molar-refractivity contribution in [3.8, 4) is 0 Å². The zero-order valence-corrected chi connectivity index (χ0v) is 15.3. The van der Waals surface area contributed by atoms with Crippen molar-refractivity contribution in [1.82, 2.24) is 5.43 Å². The number of hydrogen-bond acceptors (Lipinski definition) is 4. The van der Waals surface area contributed by atoms with E-state index in [0.29, 0.717) is 11.5 Å². The van der Waals surface area contributed by atoms with Gasteiger partial charge < -0.3 is 0 Å². The maximum Gasteiger partial charge on any atom is 0.278 e. The maximum absolute atomic E-state index is 13.0. The molecule has 6 heteroatoms. The number of hydrogen-bond donors (Lipinski definition) is 1. The molecule has 6 nitrogen and oxygen atoms in total. The summed E-state index contributed by atoms with van der Waals surface area (Å²) < 4.78 is 0. The fraction of sp³-hybridized carbons (Fsp3) is 0.600. The fourth-order valence-electron chi connectivity index (χ4n) is 6.74. The van der Waals surface area contributed by atoms with Crippen molar-refractivity contribution >= 4 is 17.8 Å². The third-order valence-electron chi connectivity index (χ3n) is 6.61. The summed E-state index contributed by atoms with van der Waals surface area (Å²) in [7, 11) is 0. The van der Waals surface area contributed by atoms with Crippen molar-refractivity contribution in [1.29, 1.82) is 0 Å². The number of para-hydroxylation sites is 1. The van der Waals surface area contributed by atoms with Gasteiger partial charge in [0, 0.05) is 6.07 Å². The number of benzene rings is 1. The smallest absolute Gasteiger partial charge is 0.273 e. The van der Waals surface area contributed by atoms with E-state index < -0.39 is 4.92 Å². The Balaban J connectivity index is 1.52. The van der Waals surface area contributed by atoms with Gasteiger partial charge in [-0.05, 0) is 61.3 Å². The first kappa shape index (κ1) is 17.2. The van der Waals surface area contributed by atoms with Gasteiger partial charge in [-0.15, -0.1) is 0 Å². The highest BCUT2D eigenvalue weighted by atomic mass is 16.6. The Labute approximate surface area is 153 Å². The molecule has 2 atom stereocenters. The zero-order valence-electron chi connectivity index (χ0n) is 15.3. The van der Waals surface area contributed by atoms with Crippen LogP contribution >= 0.6 is 0 Å². The molecule has 5 rings (SSSR count). The minimum Gasteiger partial charge on any atom is -0.273 e. The second-order valence-electron chi connectivity index (χ2n) is 9.43. The predicted octanol–water partition coefficient (Wildman–Crippen LogP) is 4.04. The number of carbonyl (C=O) groups is 1. The van der Waals surface area contributed by atoms with E-state index >= 15 is 0 Å². The summed E-state index contributed by atoms with van der Waals surface area (Å²) >= 11 is 0. The monoisotopic (exact) mass is 355 g/mol. The standard InChI is InChI=1S/C20H25N3O3/c1-18-7-14-8-19(2,11-18)13-20(9-14,12-18)17(24)22-21-10-15-5-3-4-6-16(15)23(25)26/h3-6,10,14H,7-9,11-13H2,1-2H3,(H,22,24). The third-order valence-corrected chi connectivity index (χ3v) is 6.61. The third kappa shape index (κ3) is 2.81. The molecule has 2 unspecified atom stereocenters. The van der Waals surface area contributed by atoms with Gasteiger partial charge in [-0.25, -0.2) is 5.43 Å². The van der Waals surface area contributed by atoms with Crippen LogP contribution in [0.2, 0.25) is 0 Å². The van der Waals surface area contributed by atoms with E-state index in [2.05, 4.69) is 24.4 Å². The lowest BCUT2D eigenvalue weighted by Crippen LogP contribution is -2.59. The fourth-order valence-corrected chi connectivity index (χ4v) is 6.74. The van der Waals surface area contributed by atoms with E-state index in [-0.39, 0.29) is 27.8 Å². The number of carbonyl (C=O) groups excluding carboxylic acids is 1. The second kappa shape index (κ2) is 5.63. The van der Waals surface area contributed by atoms with Crippen molar-refractivity contribution in [2.24, 2.45) is 27.3 Å². The Morgan fingerprint density at radius 3 is 2.46 bits per heavy atom. The molecule has 0 aromatic heterocycles. The highest BCUT2D eigenvalue weighted by Gasteiger charge is 2.62. The predicted molar refractivity (Wildman–Crippen MR) is 98.7 cm³/mol. The molecule has 4 fully saturated rings. The highest BCUT2D eigenvalue weighted by molar-refractivity contribution is 5.88. The second-order valence-corrected chi connectivity index (χ2v) is 9.43. The first-order valence-corrected chi connectivity index (χ1v) is 9.30. The van der Waals surface area contributed by atoms with Crippen LogP contribution < -0.4 is 5.43 Å². The van der Waals surface area contributed by atoms with Crippen LogP contribution in [0.15, 0.2) is 29.4 Å². The lowest BCUT2D eigenvalue weighted by atomic mass is 9.40. The molecule has 0 heterocycles. The average Bonchev–Trinajstić information content (AvgIpc) is 2.51. The van der Waals surface area contributed by atoms with Crippen molar-refractivity contribution in [3.05, 3.63) is 39.9 Å². The molecule has 1 N–H and O–H groups in total. The topological polar surface area (TPSA) is 84.6 Å². The number of amides is 1. The van der Waals surface area contributed by atoms with E-state index in [1.165, 1.54) is 31.5 Å². The Kier molecular flexibility index (Phi) is 3.72. The van der Waals surface area contributed by atoms with Gasteiger partial charge in [0.05, 0.1) is 22.1 Å². The molecule has 1 aromatic carbocycles. The minimum atomic E-state index is -0.441. The van der Waals surface area contributed by atoms with Crippen LogP contribution in [0.3, 0.4) is 0 Å². The van der Waals surface area contributed by atoms with Crippen LogP contribution in [-0.4, -0.2) is 17.0 Å². The molecule has 0 spiro atoms. The molecule has 138 valence electrons. The molecule has 26 heavy (non-hydrogen) atoms. The van der Waals surface area contributed by atoms with Gasteiger partial charge in [-0.3, -0.25) is 14.9 Å². The van der Waals surface area contributed by atoms with E-state index in [4.69, 9.17) is 0 Å². The van der Waals surface area contributed by atoms with Crippen molar-refractivity contribution in [2.45, 2.75) is 52.4 Å². The molecule has 4 aliphatic rings. The Hall–Kier alpha value is -2.24. The van der Waals surface area contributed by atoms with Crippen molar-refractivity contribution < 1.29 is 9.72 Å². The molecule has 4 saturated carbocycles. The van der Waals surface area contributed by atoms with Crippen molar-refractivity contribution in [2.75, 3.05) is 0 Å². The van der Waals surface area contributed by atoms with Crippen LogP contribution in [-0.2, 0) is 4.79 Å². The van der Waals surface area contributed by atoms with E-state index in [0.717, 1.165) is 19.3 Å². The summed E-state index contributed by atoms with van der Waals surface area (Å²) in [6, 6.07) is 6.40. The number of hydrazone groups is 1. The first-order chi connectivity index (χ1) is 12.2. The summed E-state index contributed by atoms with van der Waals surface area (Å²) in [6.07, 6.45) is 7.86. The molecular formula is C20H25N3O3. The number of rotatable bonds is 4. The molecule has 0 saturated heterocycles. The van der Waals surface area contributed by atoms with Gasteiger partial charge in [0.2, 0.25) is 5.91 Å². The Morgan fingerprint density at radius 2 is 1.85 bits per heavy atom. The number of nitro groups is 1. The SMILES string of the molecule is CC12CC3CC(C)(C1)CC(C(=O)NN=Cc1ccccc1[N+](=O)[O-])(C3)C2. The minimum absolute atomic E-state index is 0.0136. The quantitative estimate of drug-likeness (QED) is 0.502. The van der Waals surface area contributed by atoms with Gasteiger partial charge >= 0.3 is 0 Å². The first-order valence-electron chi connectivity index (χ1n) is 9.30. The van der Waals surface area contributed by atoms with E-state index in [1.54, 1.807) is 18.2 Å². The lowest BCUT2D eigenvalue weighted by Gasteiger charge is -2.64. The molecule has 0 radical (unpaired) electrons. The maximum atomic E-state index is 13.0. The molecule has 1 amide bonds. The van der Waals surface area contributed by atoms with Crippen LogP contribution in [0.4, 0.5) is 5.69 Å². The summed E-state index contributed by atoms with van der Waals surface area (Å²) in [4.78, 5) is 23.7. The summed E-state index contributed by atoms with van der Waals surface area (Å²) in [5.41, 5.74) is 3.26. The van der Waals surface area contributed by atoms with Crippen LogP contribution in [0.1, 0.15) is 57.9 Å². The Bertz CT molecular complexity index is 785. The molecule has 1 aromatic rings. The van der Waals surface area contributed by atoms with Gasteiger partial charge in [0.25, 0.3) is 5.69 Å². The van der Waals surface area contributed by atoms with Gasteiger partial charge in [-0.2, -0.15) is 5.10 Å². The number of nitrogens with zero attached hydrogens (tertiary/aromatic N) is 2. The summed E-state index contributed by atoms with van der Waals surface area (Å²) in [5, 5.41) is 15.1. The zero-order chi connectivity index (χ0) is 18.6. The number of nitrogens with one attached hydrogen (secondary N) is 1. The summed E-state index contributed by atoms with van der Waals surface area (Å²) in [5.74, 6) is 0.611. The van der Waals surface area contributed by atoms with Crippen LogP contribution in [0.25, 0.3) is 0 Å².